The molecule has 1 aliphatic heterocycles. The van der Waals surface area contributed by atoms with Crippen LogP contribution in [-0.2, 0) is 9.59 Å². The van der Waals surface area contributed by atoms with Crippen molar-refractivity contribution in [1.82, 2.24) is 10.2 Å². The molecule has 3 unspecified atom stereocenters. The first-order chi connectivity index (χ1) is 7.41. The third-order valence-electron chi connectivity index (χ3n) is 3.20. The van der Waals surface area contributed by atoms with Crippen LogP contribution in [0.1, 0.15) is 20.3 Å². The van der Waals surface area contributed by atoms with Crippen LogP contribution >= 0.6 is 0 Å². The van der Waals surface area contributed by atoms with Crippen LogP contribution < -0.4 is 5.32 Å². The topological polar surface area (TPSA) is 69.6 Å². The number of carboxylic acid groups (broad SMARTS) is 1. The summed E-state index contributed by atoms with van der Waals surface area (Å²) in [5.41, 5.74) is 0. The molecule has 0 aromatic carbocycles. The Bertz CT molecular complexity index is 280. The van der Waals surface area contributed by atoms with Crippen LogP contribution in [-0.4, -0.2) is 48.1 Å². The molecule has 16 heavy (non-hydrogen) atoms. The molecule has 1 aliphatic rings. The molecule has 3 atom stereocenters. The molecule has 1 amide bonds. The number of hydrogen-bond donors (Lipinski definition) is 2. The number of likely N-dealkylation sites (tertiary alicyclic amines) is 1. The molecular formula is C11H20N2O3. The maximum Gasteiger partial charge on any atom is 0.315 e. The second-order valence-electron chi connectivity index (χ2n) is 4.70. The van der Waals surface area contributed by atoms with Crippen LogP contribution in [0.4, 0.5) is 0 Å². The third kappa shape index (κ3) is 3.20. The first-order valence-corrected chi connectivity index (χ1v) is 5.63. The Balaban J connectivity index is 2.48. The summed E-state index contributed by atoms with van der Waals surface area (Å²) in [4.78, 5) is 24.4. The Morgan fingerprint density at radius 1 is 1.50 bits per heavy atom. The summed E-state index contributed by atoms with van der Waals surface area (Å²) in [6.07, 6.45) is 0.885. The predicted molar refractivity (Wildman–Crippen MR) is 60.0 cm³/mol. The van der Waals surface area contributed by atoms with Crippen molar-refractivity contribution in [2.24, 2.45) is 11.8 Å². The SMILES string of the molecule is CC(C(=O)O)C(=O)NC1CCN(C)CC1C. The predicted octanol–water partition coefficient (Wildman–Crippen LogP) is 0.164. The van der Waals surface area contributed by atoms with E-state index in [-0.39, 0.29) is 11.9 Å². The number of amides is 1. The number of carbonyl (C=O) groups is 2. The molecule has 1 saturated heterocycles. The van der Waals surface area contributed by atoms with Crippen molar-refractivity contribution in [1.29, 1.82) is 0 Å². The molecule has 5 heteroatoms. The fourth-order valence-electron chi connectivity index (χ4n) is 1.99. The average Bonchev–Trinajstić information content (AvgIpc) is 2.20. The maximum atomic E-state index is 11.6. The van der Waals surface area contributed by atoms with Crippen molar-refractivity contribution in [2.45, 2.75) is 26.3 Å². The van der Waals surface area contributed by atoms with Crippen molar-refractivity contribution in [3.8, 4) is 0 Å². The van der Waals surface area contributed by atoms with Gasteiger partial charge < -0.3 is 15.3 Å². The van der Waals surface area contributed by atoms with Crippen LogP contribution in [0, 0.1) is 11.8 Å². The number of rotatable bonds is 3. The lowest BCUT2D eigenvalue weighted by atomic mass is 9.93. The number of carboxylic acids is 1. The van der Waals surface area contributed by atoms with Crippen molar-refractivity contribution in [3.63, 3.8) is 0 Å². The lowest BCUT2D eigenvalue weighted by molar-refractivity contribution is -0.146. The highest BCUT2D eigenvalue weighted by atomic mass is 16.4. The quantitative estimate of drug-likeness (QED) is 0.675. The highest BCUT2D eigenvalue weighted by molar-refractivity contribution is 5.96. The molecule has 2 N–H and O–H groups in total. The van der Waals surface area contributed by atoms with Crippen molar-refractivity contribution in [3.05, 3.63) is 0 Å². The Hall–Kier alpha value is -1.10. The van der Waals surface area contributed by atoms with Gasteiger partial charge in [-0.2, -0.15) is 0 Å². The second-order valence-corrected chi connectivity index (χ2v) is 4.70. The molecule has 1 fully saturated rings. The Kier molecular flexibility index (Phi) is 4.29. The summed E-state index contributed by atoms with van der Waals surface area (Å²) in [6, 6.07) is 0.102. The van der Waals surface area contributed by atoms with Crippen molar-refractivity contribution in [2.75, 3.05) is 20.1 Å². The van der Waals surface area contributed by atoms with E-state index in [1.165, 1.54) is 6.92 Å². The number of nitrogens with one attached hydrogen (secondary N) is 1. The standard InChI is InChI=1S/C11H20N2O3/c1-7-6-13(3)5-4-9(7)12-10(14)8(2)11(15)16/h7-9H,4-6H2,1-3H3,(H,12,14)(H,15,16). The molecule has 0 radical (unpaired) electrons. The van der Waals surface area contributed by atoms with Crippen LogP contribution in [0.3, 0.4) is 0 Å². The van der Waals surface area contributed by atoms with Crippen molar-refractivity contribution >= 4 is 11.9 Å². The molecule has 0 saturated carbocycles. The van der Waals surface area contributed by atoms with Gasteiger partial charge in [0.05, 0.1) is 0 Å². The Labute approximate surface area is 95.8 Å². The average molecular weight is 228 g/mol. The zero-order valence-electron chi connectivity index (χ0n) is 10.1. The number of nitrogens with zero attached hydrogens (tertiary/aromatic N) is 1. The Morgan fingerprint density at radius 3 is 2.62 bits per heavy atom. The van der Waals surface area contributed by atoms with Crippen molar-refractivity contribution < 1.29 is 14.7 Å². The Morgan fingerprint density at radius 2 is 2.12 bits per heavy atom. The summed E-state index contributed by atoms with van der Waals surface area (Å²) in [6.45, 7) is 5.37. The first-order valence-electron chi connectivity index (χ1n) is 5.63. The van der Waals surface area contributed by atoms with Gasteiger partial charge in [-0.15, -0.1) is 0 Å². The number of piperidine rings is 1. The monoisotopic (exact) mass is 228 g/mol. The fourth-order valence-corrected chi connectivity index (χ4v) is 1.99. The van der Waals surface area contributed by atoms with Crippen LogP contribution in [0.25, 0.3) is 0 Å². The van der Waals surface area contributed by atoms with Gasteiger partial charge >= 0.3 is 5.97 Å². The normalized spacial score (nSPS) is 28.4. The third-order valence-corrected chi connectivity index (χ3v) is 3.20. The summed E-state index contributed by atoms with van der Waals surface area (Å²) in [5, 5.41) is 11.5. The van der Waals surface area contributed by atoms with E-state index in [4.69, 9.17) is 5.11 Å². The van der Waals surface area contributed by atoms with Gasteiger partial charge in [0.25, 0.3) is 0 Å². The van der Waals surface area contributed by atoms with Crippen LogP contribution in [0.5, 0.6) is 0 Å². The second kappa shape index (κ2) is 5.30. The lowest BCUT2D eigenvalue weighted by Crippen LogP contribution is -2.50. The van der Waals surface area contributed by atoms with Gasteiger partial charge in [0.1, 0.15) is 5.92 Å². The van der Waals surface area contributed by atoms with Crippen LogP contribution in [0.15, 0.2) is 0 Å². The first kappa shape index (κ1) is 13.0. The fraction of sp³-hybridized carbons (Fsp3) is 0.818. The van der Waals surface area contributed by atoms with E-state index in [0.717, 1.165) is 19.5 Å². The molecule has 5 nitrogen and oxygen atoms in total. The summed E-state index contributed by atoms with van der Waals surface area (Å²) < 4.78 is 0. The van der Waals surface area contributed by atoms with E-state index in [1.54, 1.807) is 0 Å². The van der Waals surface area contributed by atoms with Gasteiger partial charge in [-0.1, -0.05) is 6.92 Å². The minimum atomic E-state index is -1.07. The van der Waals surface area contributed by atoms with E-state index in [1.807, 2.05) is 0 Å². The molecule has 1 rings (SSSR count). The molecule has 0 aromatic rings. The zero-order chi connectivity index (χ0) is 12.3. The summed E-state index contributed by atoms with van der Waals surface area (Å²) in [7, 11) is 2.05. The number of aliphatic carboxylic acids is 1. The lowest BCUT2D eigenvalue weighted by Gasteiger charge is -2.35. The molecule has 0 aliphatic carbocycles. The number of hydrogen-bond acceptors (Lipinski definition) is 3. The maximum absolute atomic E-state index is 11.6. The minimum Gasteiger partial charge on any atom is -0.481 e. The summed E-state index contributed by atoms with van der Waals surface area (Å²) >= 11 is 0. The van der Waals surface area contributed by atoms with E-state index < -0.39 is 11.9 Å². The van der Waals surface area contributed by atoms with Gasteiger partial charge in [0, 0.05) is 12.6 Å². The number of carbonyl (C=O) groups excluding carboxylic acids is 1. The molecule has 1 heterocycles. The molecule has 0 bridgehead atoms. The van der Waals surface area contributed by atoms with E-state index in [0.29, 0.717) is 5.92 Å². The van der Waals surface area contributed by atoms with E-state index in [9.17, 15) is 9.59 Å². The molecule has 0 spiro atoms. The smallest absolute Gasteiger partial charge is 0.315 e. The van der Waals surface area contributed by atoms with Gasteiger partial charge in [0.2, 0.25) is 5.91 Å². The minimum absolute atomic E-state index is 0.102. The van der Waals surface area contributed by atoms with E-state index in [2.05, 4.69) is 24.2 Å². The highest BCUT2D eigenvalue weighted by Gasteiger charge is 2.28. The van der Waals surface area contributed by atoms with E-state index >= 15 is 0 Å². The molecule has 0 aromatic heterocycles. The summed E-state index contributed by atoms with van der Waals surface area (Å²) in [5.74, 6) is -2.05. The van der Waals surface area contributed by atoms with Gasteiger partial charge in [-0.05, 0) is 32.9 Å². The van der Waals surface area contributed by atoms with Gasteiger partial charge in [0.15, 0.2) is 0 Å². The highest BCUT2D eigenvalue weighted by Crippen LogP contribution is 2.15. The van der Waals surface area contributed by atoms with Gasteiger partial charge in [-0.3, -0.25) is 9.59 Å². The van der Waals surface area contributed by atoms with Gasteiger partial charge in [-0.25, -0.2) is 0 Å². The zero-order valence-corrected chi connectivity index (χ0v) is 10.1. The molecular weight excluding hydrogens is 208 g/mol. The molecule has 92 valence electrons. The van der Waals surface area contributed by atoms with Crippen LogP contribution in [0.2, 0.25) is 0 Å². The largest absolute Gasteiger partial charge is 0.481 e.